The number of methoxy groups -OCH3 is 1. The highest BCUT2D eigenvalue weighted by atomic mass is 16.5. The molecule has 3 amide bonds. The van der Waals surface area contributed by atoms with Crippen LogP contribution in [-0.2, 0) is 16.0 Å². The van der Waals surface area contributed by atoms with Gasteiger partial charge in [0.05, 0.1) is 26.4 Å². The average molecular weight is 658 g/mol. The van der Waals surface area contributed by atoms with Crippen LogP contribution >= 0.6 is 0 Å². The zero-order chi connectivity index (χ0) is 34.1. The predicted octanol–water partition coefficient (Wildman–Crippen LogP) is 4.08. The van der Waals surface area contributed by atoms with Gasteiger partial charge < -0.3 is 24.8 Å². The van der Waals surface area contributed by atoms with Crippen LogP contribution in [0.5, 0.6) is 11.5 Å². The Hall–Kier alpha value is -4.74. The summed E-state index contributed by atoms with van der Waals surface area (Å²) in [4.78, 5) is 42.0. The van der Waals surface area contributed by atoms with Crippen molar-refractivity contribution >= 4 is 23.9 Å². The summed E-state index contributed by atoms with van der Waals surface area (Å²) in [5.74, 6) is 0.00178. The van der Waals surface area contributed by atoms with Gasteiger partial charge in [0, 0.05) is 37.0 Å². The first-order valence-electron chi connectivity index (χ1n) is 16.5. The summed E-state index contributed by atoms with van der Waals surface area (Å²) >= 11 is 0. The number of hydrogen-bond acceptors (Lipinski definition) is 8. The quantitative estimate of drug-likeness (QED) is 0.147. The molecule has 0 aliphatic carbocycles. The lowest BCUT2D eigenvalue weighted by Gasteiger charge is -2.26. The number of hydrogen-bond donors (Lipinski definition) is 3. The molecule has 1 aliphatic heterocycles. The van der Waals surface area contributed by atoms with Crippen LogP contribution in [0.2, 0.25) is 0 Å². The van der Waals surface area contributed by atoms with Crippen molar-refractivity contribution in [1.29, 1.82) is 0 Å². The van der Waals surface area contributed by atoms with E-state index < -0.39 is 18.0 Å². The second-order valence-corrected chi connectivity index (χ2v) is 12.0. The van der Waals surface area contributed by atoms with E-state index in [-0.39, 0.29) is 17.7 Å². The zero-order valence-corrected chi connectivity index (χ0v) is 28.0. The predicted molar refractivity (Wildman–Crippen MR) is 186 cm³/mol. The van der Waals surface area contributed by atoms with Gasteiger partial charge in [0.25, 0.3) is 11.8 Å². The van der Waals surface area contributed by atoms with Gasteiger partial charge in [0.1, 0.15) is 12.6 Å². The maximum atomic E-state index is 13.7. The summed E-state index contributed by atoms with van der Waals surface area (Å²) in [6.07, 6.45) is 3.15. The highest BCUT2D eigenvalue weighted by Crippen LogP contribution is 2.28. The molecule has 3 aromatic carbocycles. The standard InChI is InChI=1S/C37H47N5O6/c1-27(2)24-32(40-35(43)30-15-17-33(46-3)34(25-30)48-23-20-42-18-21-47-22-19-42)37(45)39-31(16-14-28-10-6-4-7-11-28)26-38-41-36(44)29-12-8-5-9-13-29/h4-13,15,17,25-27,31-32H,14,16,18-24H2,1-3H3,(H,39,45)(H,40,43)(H,41,44)/b38-26+/t31-,32-/m0/s1. The normalized spacial score (nSPS) is 14.7. The second-order valence-electron chi connectivity index (χ2n) is 12.0. The van der Waals surface area contributed by atoms with Crippen LogP contribution in [0.3, 0.4) is 0 Å². The Labute approximate surface area is 283 Å². The minimum Gasteiger partial charge on any atom is -0.493 e. The van der Waals surface area contributed by atoms with Crippen molar-refractivity contribution in [3.63, 3.8) is 0 Å². The minimum atomic E-state index is -0.808. The molecule has 3 aromatic rings. The number of rotatable bonds is 17. The summed E-state index contributed by atoms with van der Waals surface area (Å²) in [7, 11) is 1.55. The Balaban J connectivity index is 1.43. The van der Waals surface area contributed by atoms with Crippen LogP contribution in [-0.4, -0.2) is 87.5 Å². The number of carbonyl (C=O) groups is 3. The van der Waals surface area contributed by atoms with Gasteiger partial charge in [-0.25, -0.2) is 5.43 Å². The SMILES string of the molecule is COc1ccc(C(=O)N[C@@H](CC(C)C)C(=O)N[C@H](/C=N/NC(=O)c2ccccc2)CCc2ccccc2)cc1OCCN1CCOCC1. The highest BCUT2D eigenvalue weighted by Gasteiger charge is 2.25. The molecule has 4 rings (SSSR count). The van der Waals surface area contributed by atoms with Gasteiger partial charge in [-0.3, -0.25) is 19.3 Å². The first-order chi connectivity index (χ1) is 23.3. The maximum absolute atomic E-state index is 13.7. The lowest BCUT2D eigenvalue weighted by molar-refractivity contribution is -0.123. The number of amides is 3. The van der Waals surface area contributed by atoms with Gasteiger partial charge in [0.15, 0.2) is 11.5 Å². The van der Waals surface area contributed by atoms with E-state index in [4.69, 9.17) is 14.2 Å². The number of benzene rings is 3. The van der Waals surface area contributed by atoms with E-state index in [1.165, 1.54) is 6.21 Å². The van der Waals surface area contributed by atoms with E-state index in [0.717, 1.165) is 25.2 Å². The van der Waals surface area contributed by atoms with Crippen LogP contribution in [0.1, 0.15) is 53.0 Å². The lowest BCUT2D eigenvalue weighted by atomic mass is 10.0. The van der Waals surface area contributed by atoms with Crippen molar-refractivity contribution in [1.82, 2.24) is 21.0 Å². The van der Waals surface area contributed by atoms with Crippen LogP contribution in [0.4, 0.5) is 0 Å². The Bertz CT molecular complexity index is 1480. The van der Waals surface area contributed by atoms with E-state index in [0.29, 0.717) is 61.7 Å². The number of nitrogens with one attached hydrogen (secondary N) is 3. The van der Waals surface area contributed by atoms with Crippen molar-refractivity contribution in [3.8, 4) is 11.5 Å². The Kier molecular flexibility index (Phi) is 14.4. The molecule has 11 nitrogen and oxygen atoms in total. The Morgan fingerprint density at radius 1 is 0.896 bits per heavy atom. The molecular formula is C37H47N5O6. The molecular weight excluding hydrogens is 610 g/mol. The average Bonchev–Trinajstić information content (AvgIpc) is 3.11. The summed E-state index contributed by atoms with van der Waals surface area (Å²) in [5.41, 5.74) is 4.47. The highest BCUT2D eigenvalue weighted by molar-refractivity contribution is 5.98. The summed E-state index contributed by atoms with van der Waals surface area (Å²) in [6.45, 7) is 8.25. The molecule has 1 saturated heterocycles. The van der Waals surface area contributed by atoms with E-state index in [1.54, 1.807) is 49.6 Å². The van der Waals surface area contributed by atoms with E-state index >= 15 is 0 Å². The van der Waals surface area contributed by atoms with E-state index in [2.05, 4.69) is 26.1 Å². The molecule has 1 aliphatic rings. The molecule has 1 heterocycles. The molecule has 0 saturated carbocycles. The summed E-state index contributed by atoms with van der Waals surface area (Å²) in [5, 5.41) is 10.1. The smallest absolute Gasteiger partial charge is 0.271 e. The summed E-state index contributed by atoms with van der Waals surface area (Å²) in [6, 6.07) is 22.4. The topological polar surface area (TPSA) is 131 Å². The molecule has 0 spiro atoms. The molecule has 1 fully saturated rings. The fraction of sp³-hybridized carbons (Fsp3) is 0.405. The summed E-state index contributed by atoms with van der Waals surface area (Å²) < 4.78 is 16.9. The van der Waals surface area contributed by atoms with Crippen molar-refractivity contribution in [2.75, 3.05) is 46.6 Å². The Morgan fingerprint density at radius 3 is 2.29 bits per heavy atom. The molecule has 0 aromatic heterocycles. The maximum Gasteiger partial charge on any atom is 0.271 e. The van der Waals surface area contributed by atoms with Crippen molar-refractivity contribution in [2.45, 2.75) is 45.2 Å². The lowest BCUT2D eigenvalue weighted by Crippen LogP contribution is -2.50. The van der Waals surface area contributed by atoms with Crippen molar-refractivity contribution in [2.24, 2.45) is 11.0 Å². The Morgan fingerprint density at radius 2 is 1.60 bits per heavy atom. The van der Waals surface area contributed by atoms with Crippen molar-refractivity contribution < 1.29 is 28.6 Å². The number of carbonyl (C=O) groups excluding carboxylic acids is 3. The second kappa shape index (κ2) is 19.2. The van der Waals surface area contributed by atoms with Crippen LogP contribution in [0.15, 0.2) is 84.0 Å². The monoisotopic (exact) mass is 657 g/mol. The molecule has 48 heavy (non-hydrogen) atoms. The van der Waals surface area contributed by atoms with Gasteiger partial charge in [-0.1, -0.05) is 62.4 Å². The third-order valence-electron chi connectivity index (χ3n) is 7.89. The van der Waals surface area contributed by atoms with Gasteiger partial charge in [-0.05, 0) is 61.1 Å². The van der Waals surface area contributed by atoms with E-state index in [1.807, 2.05) is 50.2 Å². The van der Waals surface area contributed by atoms with Gasteiger partial charge in [0.2, 0.25) is 5.91 Å². The van der Waals surface area contributed by atoms with Gasteiger partial charge >= 0.3 is 0 Å². The number of morpholine rings is 1. The van der Waals surface area contributed by atoms with Gasteiger partial charge in [-0.2, -0.15) is 5.10 Å². The molecule has 0 unspecified atom stereocenters. The first-order valence-corrected chi connectivity index (χ1v) is 16.5. The number of hydrazone groups is 1. The third kappa shape index (κ3) is 11.8. The molecule has 2 atom stereocenters. The van der Waals surface area contributed by atoms with E-state index in [9.17, 15) is 14.4 Å². The molecule has 0 radical (unpaired) electrons. The van der Waals surface area contributed by atoms with Crippen LogP contribution in [0, 0.1) is 5.92 Å². The largest absolute Gasteiger partial charge is 0.493 e. The number of aryl methyl sites for hydroxylation is 1. The van der Waals surface area contributed by atoms with Crippen molar-refractivity contribution in [3.05, 3.63) is 95.6 Å². The molecule has 256 valence electrons. The van der Waals surface area contributed by atoms with Gasteiger partial charge in [-0.15, -0.1) is 0 Å². The molecule has 3 N–H and O–H groups in total. The zero-order valence-electron chi connectivity index (χ0n) is 28.0. The molecule has 0 bridgehead atoms. The third-order valence-corrected chi connectivity index (χ3v) is 7.89. The number of ether oxygens (including phenoxy) is 3. The molecule has 11 heteroatoms. The number of nitrogens with zero attached hydrogens (tertiary/aromatic N) is 2. The minimum absolute atomic E-state index is 0.123. The van der Waals surface area contributed by atoms with Crippen LogP contribution in [0.25, 0.3) is 0 Å². The first kappa shape index (κ1) is 36.1. The fourth-order valence-corrected chi connectivity index (χ4v) is 5.26. The fourth-order valence-electron chi connectivity index (χ4n) is 5.26. The van der Waals surface area contributed by atoms with Crippen LogP contribution < -0.4 is 25.5 Å².